The Bertz CT molecular complexity index is 839. The number of thioether (sulfide) groups is 1. The van der Waals surface area contributed by atoms with Gasteiger partial charge in [-0.15, -0.1) is 10.2 Å². The van der Waals surface area contributed by atoms with E-state index >= 15 is 0 Å². The number of nitrogens with zero attached hydrogens (tertiary/aromatic N) is 3. The van der Waals surface area contributed by atoms with Crippen molar-refractivity contribution < 1.29 is 9.21 Å². The SMILES string of the molecule is CC(=O)[C@@H](C)Sc1nnc(-c2ccoc2C)n1Cc1ccccc1. The Hall–Kier alpha value is -2.34. The van der Waals surface area contributed by atoms with Crippen molar-refractivity contribution in [3.05, 3.63) is 54.0 Å². The number of Topliss-reactive ketones (excluding diaryl/α,β-unsaturated/α-hetero) is 1. The molecule has 0 radical (unpaired) electrons. The van der Waals surface area contributed by atoms with Gasteiger partial charge in [0.2, 0.25) is 0 Å². The van der Waals surface area contributed by atoms with Gasteiger partial charge >= 0.3 is 0 Å². The van der Waals surface area contributed by atoms with Crippen LogP contribution in [0.5, 0.6) is 0 Å². The number of aromatic nitrogens is 3. The molecule has 0 saturated carbocycles. The van der Waals surface area contributed by atoms with E-state index in [0.717, 1.165) is 27.9 Å². The summed E-state index contributed by atoms with van der Waals surface area (Å²) in [5.74, 6) is 1.67. The van der Waals surface area contributed by atoms with Gasteiger partial charge in [0.1, 0.15) is 11.5 Å². The van der Waals surface area contributed by atoms with Crippen LogP contribution < -0.4 is 0 Å². The molecule has 1 aromatic carbocycles. The number of carbonyl (C=O) groups excluding carboxylic acids is 1. The molecule has 0 spiro atoms. The highest BCUT2D eigenvalue weighted by Crippen LogP contribution is 2.29. The molecule has 2 heterocycles. The largest absolute Gasteiger partial charge is 0.469 e. The van der Waals surface area contributed by atoms with Crippen molar-refractivity contribution in [2.24, 2.45) is 0 Å². The highest BCUT2D eigenvalue weighted by Gasteiger charge is 2.20. The standard InChI is InChI=1S/C18H19N3O2S/c1-12(22)14(3)24-18-20-19-17(16-9-10-23-13(16)2)21(18)11-15-7-5-4-6-8-15/h4-10,14H,11H2,1-3H3/t14-/m1/s1. The highest BCUT2D eigenvalue weighted by molar-refractivity contribution is 8.00. The lowest BCUT2D eigenvalue weighted by Gasteiger charge is -2.12. The summed E-state index contributed by atoms with van der Waals surface area (Å²) in [7, 11) is 0. The normalized spacial score (nSPS) is 12.3. The third-order valence-corrected chi connectivity index (χ3v) is 5.05. The molecule has 24 heavy (non-hydrogen) atoms. The lowest BCUT2D eigenvalue weighted by molar-refractivity contribution is -0.116. The van der Waals surface area contributed by atoms with E-state index in [1.807, 2.05) is 42.7 Å². The van der Waals surface area contributed by atoms with Crippen molar-refractivity contribution >= 4 is 17.5 Å². The summed E-state index contributed by atoms with van der Waals surface area (Å²) >= 11 is 1.43. The summed E-state index contributed by atoms with van der Waals surface area (Å²) in [5, 5.41) is 9.23. The van der Waals surface area contributed by atoms with E-state index in [0.29, 0.717) is 6.54 Å². The van der Waals surface area contributed by atoms with Crippen LogP contribution in [0, 0.1) is 6.92 Å². The molecule has 3 aromatic rings. The summed E-state index contributed by atoms with van der Waals surface area (Å²) in [6, 6.07) is 12.0. The van der Waals surface area contributed by atoms with E-state index in [4.69, 9.17) is 4.42 Å². The molecule has 0 aliphatic carbocycles. The predicted molar refractivity (Wildman–Crippen MR) is 94.0 cm³/mol. The molecule has 0 aliphatic rings. The number of aryl methyl sites for hydroxylation is 1. The first-order chi connectivity index (χ1) is 11.6. The molecule has 2 aromatic heterocycles. The van der Waals surface area contributed by atoms with Crippen LogP contribution >= 0.6 is 11.8 Å². The Morgan fingerprint density at radius 1 is 1.25 bits per heavy atom. The van der Waals surface area contributed by atoms with Crippen LogP contribution in [0.3, 0.4) is 0 Å². The van der Waals surface area contributed by atoms with Crippen LogP contribution in [0.1, 0.15) is 25.2 Å². The Morgan fingerprint density at radius 3 is 2.62 bits per heavy atom. The van der Waals surface area contributed by atoms with E-state index in [2.05, 4.69) is 22.3 Å². The summed E-state index contributed by atoms with van der Waals surface area (Å²) in [6.45, 7) is 6.02. The maximum atomic E-state index is 11.6. The molecule has 3 rings (SSSR count). The summed E-state index contributed by atoms with van der Waals surface area (Å²) in [4.78, 5) is 11.6. The minimum Gasteiger partial charge on any atom is -0.469 e. The van der Waals surface area contributed by atoms with Crippen LogP contribution in [-0.2, 0) is 11.3 Å². The maximum absolute atomic E-state index is 11.6. The molecule has 0 N–H and O–H groups in total. The molecule has 0 unspecified atom stereocenters. The number of furan rings is 1. The van der Waals surface area contributed by atoms with Crippen LogP contribution in [-0.4, -0.2) is 25.8 Å². The molecule has 0 bridgehead atoms. The van der Waals surface area contributed by atoms with Crippen molar-refractivity contribution in [2.45, 2.75) is 37.7 Å². The van der Waals surface area contributed by atoms with Gasteiger partial charge < -0.3 is 4.42 Å². The summed E-state index contributed by atoms with van der Waals surface area (Å²) < 4.78 is 7.45. The molecule has 0 amide bonds. The van der Waals surface area contributed by atoms with E-state index in [9.17, 15) is 4.79 Å². The van der Waals surface area contributed by atoms with Crippen molar-refractivity contribution in [2.75, 3.05) is 0 Å². The zero-order valence-electron chi connectivity index (χ0n) is 13.9. The summed E-state index contributed by atoms with van der Waals surface area (Å²) in [6.07, 6.45) is 1.65. The minimum absolute atomic E-state index is 0.121. The zero-order chi connectivity index (χ0) is 17.1. The molecule has 0 fully saturated rings. The molecule has 5 nitrogen and oxygen atoms in total. The number of carbonyl (C=O) groups is 1. The Kier molecular flexibility index (Phi) is 4.85. The number of rotatable bonds is 6. The fourth-order valence-electron chi connectivity index (χ4n) is 2.34. The lowest BCUT2D eigenvalue weighted by atomic mass is 10.2. The quantitative estimate of drug-likeness (QED) is 0.635. The lowest BCUT2D eigenvalue weighted by Crippen LogP contribution is -2.11. The topological polar surface area (TPSA) is 60.9 Å². The van der Waals surface area contributed by atoms with Crippen LogP contribution in [0.2, 0.25) is 0 Å². The van der Waals surface area contributed by atoms with Crippen LogP contribution in [0.4, 0.5) is 0 Å². The van der Waals surface area contributed by atoms with Crippen molar-refractivity contribution in [3.8, 4) is 11.4 Å². The molecule has 1 atom stereocenters. The third-order valence-electron chi connectivity index (χ3n) is 3.85. The Labute approximate surface area is 145 Å². The first-order valence-corrected chi connectivity index (χ1v) is 8.63. The van der Waals surface area contributed by atoms with E-state index in [-0.39, 0.29) is 11.0 Å². The summed E-state index contributed by atoms with van der Waals surface area (Å²) in [5.41, 5.74) is 2.07. The van der Waals surface area contributed by atoms with Gasteiger partial charge in [-0.25, -0.2) is 0 Å². The van der Waals surface area contributed by atoms with Crippen molar-refractivity contribution in [1.29, 1.82) is 0 Å². The van der Waals surface area contributed by atoms with Gasteiger partial charge in [-0.05, 0) is 32.4 Å². The minimum atomic E-state index is -0.165. The fourth-order valence-corrected chi connectivity index (χ4v) is 3.19. The maximum Gasteiger partial charge on any atom is 0.192 e. The Morgan fingerprint density at radius 2 is 2.00 bits per heavy atom. The van der Waals surface area contributed by atoms with E-state index < -0.39 is 0 Å². The first-order valence-electron chi connectivity index (χ1n) is 7.75. The van der Waals surface area contributed by atoms with Gasteiger partial charge in [0.15, 0.2) is 11.0 Å². The number of benzene rings is 1. The fraction of sp³-hybridized carbons (Fsp3) is 0.278. The van der Waals surface area contributed by atoms with Gasteiger partial charge in [-0.2, -0.15) is 0 Å². The van der Waals surface area contributed by atoms with Crippen molar-refractivity contribution in [3.63, 3.8) is 0 Å². The van der Waals surface area contributed by atoms with E-state index in [1.54, 1.807) is 13.2 Å². The second kappa shape index (κ2) is 7.05. The number of ketones is 1. The molecule has 0 aliphatic heterocycles. The monoisotopic (exact) mass is 341 g/mol. The Balaban J connectivity index is 2.02. The van der Waals surface area contributed by atoms with Gasteiger partial charge in [0.25, 0.3) is 0 Å². The van der Waals surface area contributed by atoms with Crippen LogP contribution in [0.15, 0.2) is 52.2 Å². The average Bonchev–Trinajstić information content (AvgIpc) is 3.15. The number of hydrogen-bond donors (Lipinski definition) is 0. The average molecular weight is 341 g/mol. The number of hydrogen-bond acceptors (Lipinski definition) is 5. The van der Waals surface area contributed by atoms with Gasteiger partial charge in [0.05, 0.1) is 23.6 Å². The molecule has 0 saturated heterocycles. The molecular formula is C18H19N3O2S. The predicted octanol–water partition coefficient (Wildman–Crippen LogP) is 3.96. The highest BCUT2D eigenvalue weighted by atomic mass is 32.2. The van der Waals surface area contributed by atoms with Gasteiger partial charge in [-0.3, -0.25) is 9.36 Å². The van der Waals surface area contributed by atoms with Crippen LogP contribution in [0.25, 0.3) is 11.4 Å². The smallest absolute Gasteiger partial charge is 0.192 e. The second-order valence-corrected chi connectivity index (χ2v) is 6.95. The molecule has 124 valence electrons. The third kappa shape index (κ3) is 3.43. The van der Waals surface area contributed by atoms with E-state index in [1.165, 1.54) is 11.8 Å². The second-order valence-electron chi connectivity index (χ2n) is 5.64. The molecular weight excluding hydrogens is 322 g/mol. The zero-order valence-corrected chi connectivity index (χ0v) is 14.7. The van der Waals surface area contributed by atoms with Gasteiger partial charge in [0, 0.05) is 0 Å². The first kappa shape index (κ1) is 16.5. The molecule has 6 heteroatoms. The van der Waals surface area contributed by atoms with Crippen molar-refractivity contribution in [1.82, 2.24) is 14.8 Å². The van der Waals surface area contributed by atoms with Gasteiger partial charge in [-0.1, -0.05) is 42.1 Å².